The van der Waals surface area contributed by atoms with Crippen molar-refractivity contribution in [1.29, 1.82) is 0 Å². The molecular weight excluding hydrogens is 275 g/mol. The molecule has 0 fully saturated rings. The van der Waals surface area contributed by atoms with Gasteiger partial charge in [-0.25, -0.2) is 0 Å². The van der Waals surface area contributed by atoms with E-state index < -0.39 is 24.3 Å². The molecule has 2 atom stereocenters. The highest BCUT2D eigenvalue weighted by atomic mass is 35.5. The number of anilines is 1. The van der Waals surface area contributed by atoms with Crippen molar-refractivity contribution in [3.63, 3.8) is 0 Å². The van der Waals surface area contributed by atoms with E-state index in [0.717, 1.165) is 18.2 Å². The molecule has 0 aliphatic rings. The third-order valence-electron chi connectivity index (χ3n) is 2.13. The van der Waals surface area contributed by atoms with Gasteiger partial charge in [0, 0.05) is 11.3 Å². The van der Waals surface area contributed by atoms with E-state index >= 15 is 0 Å². The van der Waals surface area contributed by atoms with Crippen LogP contribution in [-0.2, 0) is 0 Å². The summed E-state index contributed by atoms with van der Waals surface area (Å²) in [5.41, 5.74) is 5.45. The second-order valence-corrected chi connectivity index (χ2v) is 3.81. The topological polar surface area (TPSA) is 75.7 Å². The molecule has 0 heterocycles. The summed E-state index contributed by atoms with van der Waals surface area (Å²) in [7, 11) is 0. The summed E-state index contributed by atoms with van der Waals surface area (Å²) >= 11 is 5.33. The van der Waals surface area contributed by atoms with E-state index in [2.05, 4.69) is 4.74 Å². The lowest BCUT2D eigenvalue weighted by Gasteiger charge is -2.19. The third kappa shape index (κ3) is 3.94. The lowest BCUT2D eigenvalue weighted by molar-refractivity contribution is -0.274. The summed E-state index contributed by atoms with van der Waals surface area (Å²) in [4.78, 5) is 0. The van der Waals surface area contributed by atoms with Gasteiger partial charge in [-0.1, -0.05) is 0 Å². The molecule has 0 bridgehead atoms. The minimum atomic E-state index is -4.84. The van der Waals surface area contributed by atoms with Crippen molar-refractivity contribution in [2.75, 3.05) is 11.6 Å². The zero-order valence-corrected chi connectivity index (χ0v) is 9.74. The Morgan fingerprint density at radius 3 is 2.44 bits per heavy atom. The molecule has 4 N–H and O–H groups in total. The van der Waals surface area contributed by atoms with Crippen LogP contribution in [0.2, 0.25) is 0 Å². The normalized spacial score (nSPS) is 15.2. The van der Waals surface area contributed by atoms with E-state index in [0.29, 0.717) is 0 Å². The molecule has 1 aromatic rings. The summed E-state index contributed by atoms with van der Waals surface area (Å²) in [6.45, 7) is 0. The lowest BCUT2D eigenvalue weighted by Crippen LogP contribution is -2.21. The largest absolute Gasteiger partial charge is 0.573 e. The molecule has 0 radical (unpaired) electrons. The molecule has 0 spiro atoms. The molecule has 1 rings (SSSR count). The molecule has 102 valence electrons. The minimum absolute atomic E-state index is 0.0289. The first-order valence-corrected chi connectivity index (χ1v) is 5.35. The number of aliphatic hydroxyl groups is 2. The van der Waals surface area contributed by atoms with Crippen LogP contribution in [0.25, 0.3) is 0 Å². The fourth-order valence-corrected chi connectivity index (χ4v) is 1.47. The van der Waals surface area contributed by atoms with Crippen molar-refractivity contribution >= 4 is 17.3 Å². The van der Waals surface area contributed by atoms with Crippen molar-refractivity contribution in [3.8, 4) is 5.75 Å². The van der Waals surface area contributed by atoms with Crippen LogP contribution in [0.4, 0.5) is 18.9 Å². The van der Waals surface area contributed by atoms with Crippen LogP contribution in [0.5, 0.6) is 5.75 Å². The number of ether oxygens (including phenoxy) is 1. The summed E-state index contributed by atoms with van der Waals surface area (Å²) in [6, 6.07) is 3.05. The second kappa shape index (κ2) is 5.64. The Bertz CT molecular complexity index is 414. The number of halogens is 4. The molecule has 0 saturated heterocycles. The molecule has 0 aliphatic carbocycles. The number of alkyl halides is 4. The van der Waals surface area contributed by atoms with E-state index in [4.69, 9.17) is 17.3 Å². The van der Waals surface area contributed by atoms with Gasteiger partial charge in [0.2, 0.25) is 0 Å². The number of nitrogen functional groups attached to an aromatic ring is 1. The molecule has 1 aromatic carbocycles. The maximum absolute atomic E-state index is 12.0. The van der Waals surface area contributed by atoms with Gasteiger partial charge >= 0.3 is 6.36 Å². The molecule has 18 heavy (non-hydrogen) atoms. The summed E-state index contributed by atoms with van der Waals surface area (Å²) < 4.78 is 39.7. The van der Waals surface area contributed by atoms with Gasteiger partial charge in [-0.2, -0.15) is 0 Å². The first kappa shape index (κ1) is 14.9. The Balaban J connectivity index is 3.01. The molecule has 0 amide bonds. The minimum Gasteiger partial charge on any atom is -0.406 e. The van der Waals surface area contributed by atoms with E-state index in [-0.39, 0.29) is 17.1 Å². The monoisotopic (exact) mass is 285 g/mol. The van der Waals surface area contributed by atoms with E-state index in [1.54, 1.807) is 0 Å². The van der Waals surface area contributed by atoms with Gasteiger partial charge in [-0.15, -0.1) is 24.8 Å². The van der Waals surface area contributed by atoms with E-state index in [1.807, 2.05) is 0 Å². The average molecular weight is 286 g/mol. The van der Waals surface area contributed by atoms with Gasteiger partial charge in [0.1, 0.15) is 11.9 Å². The van der Waals surface area contributed by atoms with Gasteiger partial charge < -0.3 is 20.7 Å². The maximum atomic E-state index is 12.0. The highest BCUT2D eigenvalue weighted by molar-refractivity contribution is 6.18. The highest BCUT2D eigenvalue weighted by Gasteiger charge is 2.31. The first-order valence-electron chi connectivity index (χ1n) is 4.82. The summed E-state index contributed by atoms with van der Waals surface area (Å²) in [6.07, 6.45) is -7.67. The smallest absolute Gasteiger partial charge is 0.406 e. The molecule has 0 saturated carbocycles. The zero-order chi connectivity index (χ0) is 13.9. The molecule has 0 aromatic heterocycles. The van der Waals surface area contributed by atoms with Crippen LogP contribution in [0, 0.1) is 0 Å². The number of hydrogen-bond acceptors (Lipinski definition) is 4. The number of nitrogens with two attached hydrogens (primary N) is 1. The first-order chi connectivity index (χ1) is 8.24. The van der Waals surface area contributed by atoms with Gasteiger partial charge in [0.05, 0.1) is 12.0 Å². The van der Waals surface area contributed by atoms with Gasteiger partial charge in [0.15, 0.2) is 0 Å². The lowest BCUT2D eigenvalue weighted by atomic mass is 10.0. The molecule has 8 heteroatoms. The Morgan fingerprint density at radius 2 is 1.94 bits per heavy atom. The average Bonchev–Trinajstić information content (AvgIpc) is 2.28. The Kier molecular flexibility index (Phi) is 4.66. The third-order valence-corrected chi connectivity index (χ3v) is 2.45. The number of benzene rings is 1. The Labute approximate surface area is 106 Å². The standard InChI is InChI=1S/C10H11ClF3NO3/c11-4-8(16)9(17)6-3-5(1-2-7(6)15)18-10(12,13)14/h1-3,8-9,16-17H,4,15H2. The molecular formula is C10H11ClF3NO3. The fraction of sp³-hybridized carbons (Fsp3) is 0.400. The van der Waals surface area contributed by atoms with Crippen molar-refractivity contribution in [1.82, 2.24) is 0 Å². The van der Waals surface area contributed by atoms with Gasteiger partial charge in [0.25, 0.3) is 0 Å². The number of rotatable bonds is 4. The molecule has 2 unspecified atom stereocenters. The zero-order valence-electron chi connectivity index (χ0n) is 8.99. The summed E-state index contributed by atoms with van der Waals surface area (Å²) in [5.74, 6) is -0.821. The van der Waals surface area contributed by atoms with Crippen molar-refractivity contribution in [2.45, 2.75) is 18.6 Å². The van der Waals surface area contributed by atoms with Crippen molar-refractivity contribution in [2.24, 2.45) is 0 Å². The van der Waals surface area contributed by atoms with Gasteiger partial charge in [-0.3, -0.25) is 0 Å². The van der Waals surface area contributed by atoms with Gasteiger partial charge in [-0.05, 0) is 18.2 Å². The van der Waals surface area contributed by atoms with Crippen LogP contribution >= 0.6 is 11.6 Å². The van der Waals surface area contributed by atoms with E-state index in [1.165, 1.54) is 0 Å². The molecule has 4 nitrogen and oxygen atoms in total. The quantitative estimate of drug-likeness (QED) is 0.582. The maximum Gasteiger partial charge on any atom is 0.573 e. The Morgan fingerprint density at radius 1 is 1.33 bits per heavy atom. The Hall–Kier alpha value is -1.18. The van der Waals surface area contributed by atoms with Crippen molar-refractivity contribution < 1.29 is 28.1 Å². The van der Waals surface area contributed by atoms with E-state index in [9.17, 15) is 23.4 Å². The molecule has 0 aliphatic heterocycles. The van der Waals surface area contributed by atoms with Crippen LogP contribution in [0.1, 0.15) is 11.7 Å². The predicted molar refractivity (Wildman–Crippen MR) is 59.2 cm³/mol. The van der Waals surface area contributed by atoms with Crippen LogP contribution < -0.4 is 10.5 Å². The van der Waals surface area contributed by atoms with Crippen molar-refractivity contribution in [3.05, 3.63) is 23.8 Å². The highest BCUT2D eigenvalue weighted by Crippen LogP contribution is 2.30. The summed E-state index contributed by atoms with van der Waals surface area (Å²) in [5, 5.41) is 19.0. The van der Waals surface area contributed by atoms with Crippen LogP contribution in [-0.4, -0.2) is 28.6 Å². The second-order valence-electron chi connectivity index (χ2n) is 3.51. The van der Waals surface area contributed by atoms with Crippen LogP contribution in [0.3, 0.4) is 0 Å². The van der Waals surface area contributed by atoms with Crippen LogP contribution in [0.15, 0.2) is 18.2 Å². The number of aliphatic hydroxyl groups excluding tert-OH is 2. The predicted octanol–water partition coefficient (Wildman–Crippen LogP) is 1.80. The fourth-order valence-electron chi connectivity index (χ4n) is 1.30. The number of hydrogen-bond donors (Lipinski definition) is 3. The SMILES string of the molecule is Nc1ccc(OC(F)(F)F)cc1C(O)C(O)CCl.